The standard InChI is InChI=1S/C31H44O2/c1-3-5-6-10-27-17-21-29(22-18-27)31(32)33-30-23-19-28(20-24-30)12-8-7-11-26-15-13-25(9-4-2)14-16-26/h7,11,19-20,23-27,29H,3-6,9-10,13-18,21-22H2,1-2H3/b11-7+. The summed E-state index contributed by atoms with van der Waals surface area (Å²) in [6.07, 6.45) is 22.0. The maximum absolute atomic E-state index is 12.6. The SMILES string of the molecule is CCCCCC1CCC(C(=O)Oc2ccc(C#C/C=C/C3CCC(CCC)CC3)cc2)CC1. The van der Waals surface area contributed by atoms with Crippen LogP contribution in [0.5, 0.6) is 5.75 Å². The van der Waals surface area contributed by atoms with E-state index in [0.29, 0.717) is 11.7 Å². The van der Waals surface area contributed by atoms with Crippen molar-refractivity contribution in [3.63, 3.8) is 0 Å². The molecule has 33 heavy (non-hydrogen) atoms. The Morgan fingerprint density at radius 2 is 1.55 bits per heavy atom. The third kappa shape index (κ3) is 9.04. The predicted octanol–water partition coefficient (Wildman–Crippen LogP) is 8.49. The smallest absolute Gasteiger partial charge is 0.314 e. The summed E-state index contributed by atoms with van der Waals surface area (Å²) in [5.41, 5.74) is 0.957. The van der Waals surface area contributed by atoms with Crippen LogP contribution < -0.4 is 4.74 Å². The number of esters is 1. The van der Waals surface area contributed by atoms with Gasteiger partial charge in [0.2, 0.25) is 0 Å². The van der Waals surface area contributed by atoms with Crippen LogP contribution in [0, 0.1) is 35.5 Å². The van der Waals surface area contributed by atoms with Crippen LogP contribution in [-0.4, -0.2) is 5.97 Å². The third-order valence-electron chi connectivity index (χ3n) is 7.73. The van der Waals surface area contributed by atoms with Crippen LogP contribution in [0.3, 0.4) is 0 Å². The highest BCUT2D eigenvalue weighted by molar-refractivity contribution is 5.75. The monoisotopic (exact) mass is 448 g/mol. The Labute approximate surface area is 202 Å². The Balaban J connectivity index is 1.38. The molecule has 0 N–H and O–H groups in total. The molecule has 2 fully saturated rings. The summed E-state index contributed by atoms with van der Waals surface area (Å²) < 4.78 is 5.67. The highest BCUT2D eigenvalue weighted by atomic mass is 16.5. The van der Waals surface area contributed by atoms with Crippen LogP contribution in [0.25, 0.3) is 0 Å². The summed E-state index contributed by atoms with van der Waals surface area (Å²) in [6.45, 7) is 4.54. The van der Waals surface area contributed by atoms with Crippen LogP contribution in [0.4, 0.5) is 0 Å². The molecule has 0 atom stereocenters. The van der Waals surface area contributed by atoms with Crippen molar-refractivity contribution in [2.45, 2.75) is 104 Å². The van der Waals surface area contributed by atoms with E-state index < -0.39 is 0 Å². The maximum atomic E-state index is 12.6. The number of unbranched alkanes of at least 4 members (excludes halogenated alkanes) is 2. The molecule has 2 heteroatoms. The van der Waals surface area contributed by atoms with Gasteiger partial charge in [0.15, 0.2) is 0 Å². The van der Waals surface area contributed by atoms with Gasteiger partial charge in [0.05, 0.1) is 5.92 Å². The average molecular weight is 449 g/mol. The van der Waals surface area contributed by atoms with Crippen molar-refractivity contribution in [3.8, 4) is 17.6 Å². The van der Waals surface area contributed by atoms with E-state index in [1.54, 1.807) is 0 Å². The molecular weight excluding hydrogens is 404 g/mol. The molecule has 0 radical (unpaired) electrons. The third-order valence-corrected chi connectivity index (χ3v) is 7.73. The average Bonchev–Trinajstić information content (AvgIpc) is 2.84. The van der Waals surface area contributed by atoms with Gasteiger partial charge >= 0.3 is 5.97 Å². The second kappa shape index (κ2) is 14.3. The quantitative estimate of drug-likeness (QED) is 0.164. The van der Waals surface area contributed by atoms with Crippen molar-refractivity contribution < 1.29 is 9.53 Å². The summed E-state index contributed by atoms with van der Waals surface area (Å²) in [5, 5.41) is 0. The topological polar surface area (TPSA) is 26.3 Å². The zero-order chi connectivity index (χ0) is 23.3. The van der Waals surface area contributed by atoms with E-state index >= 15 is 0 Å². The molecule has 0 saturated heterocycles. The lowest BCUT2D eigenvalue weighted by Crippen LogP contribution is -2.25. The zero-order valence-corrected chi connectivity index (χ0v) is 21.0. The summed E-state index contributed by atoms with van der Waals surface area (Å²) in [7, 11) is 0. The molecule has 0 spiro atoms. The van der Waals surface area contributed by atoms with Crippen molar-refractivity contribution in [2.75, 3.05) is 0 Å². The van der Waals surface area contributed by atoms with Gasteiger partial charge in [-0.05, 0) is 99.5 Å². The molecule has 2 nitrogen and oxygen atoms in total. The van der Waals surface area contributed by atoms with E-state index in [4.69, 9.17) is 4.74 Å². The van der Waals surface area contributed by atoms with Gasteiger partial charge in [0, 0.05) is 5.56 Å². The molecule has 0 amide bonds. The number of hydrogen-bond donors (Lipinski definition) is 0. The number of hydrogen-bond acceptors (Lipinski definition) is 2. The van der Waals surface area contributed by atoms with Crippen LogP contribution in [0.1, 0.15) is 109 Å². The Hall–Kier alpha value is -2.01. The van der Waals surface area contributed by atoms with Gasteiger partial charge in [-0.3, -0.25) is 4.79 Å². The van der Waals surface area contributed by atoms with Crippen molar-refractivity contribution in [3.05, 3.63) is 42.0 Å². The van der Waals surface area contributed by atoms with Crippen LogP contribution >= 0.6 is 0 Å². The second-order valence-corrected chi connectivity index (χ2v) is 10.4. The number of benzene rings is 1. The lowest BCUT2D eigenvalue weighted by atomic mass is 9.80. The minimum Gasteiger partial charge on any atom is -0.426 e. The van der Waals surface area contributed by atoms with Crippen molar-refractivity contribution in [1.29, 1.82) is 0 Å². The molecule has 0 aromatic heterocycles. The minimum atomic E-state index is -0.0579. The fourth-order valence-corrected chi connectivity index (χ4v) is 5.56. The molecule has 3 rings (SSSR count). The molecule has 2 aliphatic rings. The first-order chi connectivity index (χ1) is 16.2. The largest absolute Gasteiger partial charge is 0.426 e. The van der Waals surface area contributed by atoms with Gasteiger partial charge in [-0.1, -0.05) is 70.3 Å². The lowest BCUT2D eigenvalue weighted by Gasteiger charge is -2.27. The molecular formula is C31H44O2. The first-order valence-electron chi connectivity index (χ1n) is 13.7. The van der Waals surface area contributed by atoms with E-state index in [1.807, 2.05) is 30.3 Å². The summed E-state index contributed by atoms with van der Waals surface area (Å²) in [6, 6.07) is 7.64. The molecule has 0 heterocycles. The first kappa shape index (κ1) is 25.6. The van der Waals surface area contributed by atoms with E-state index in [2.05, 4.69) is 31.8 Å². The lowest BCUT2D eigenvalue weighted by molar-refractivity contribution is -0.140. The highest BCUT2D eigenvalue weighted by Crippen LogP contribution is 2.33. The number of allylic oxidation sites excluding steroid dienone is 2. The highest BCUT2D eigenvalue weighted by Gasteiger charge is 2.27. The normalized spacial score (nSPS) is 25.4. The second-order valence-electron chi connectivity index (χ2n) is 10.4. The van der Waals surface area contributed by atoms with E-state index in [9.17, 15) is 4.79 Å². The van der Waals surface area contributed by atoms with Gasteiger partial charge < -0.3 is 4.74 Å². The first-order valence-corrected chi connectivity index (χ1v) is 13.7. The molecule has 2 aliphatic carbocycles. The van der Waals surface area contributed by atoms with E-state index in [1.165, 1.54) is 77.0 Å². The van der Waals surface area contributed by atoms with Gasteiger partial charge in [0.25, 0.3) is 0 Å². The van der Waals surface area contributed by atoms with Gasteiger partial charge in [-0.15, -0.1) is 0 Å². The van der Waals surface area contributed by atoms with Gasteiger partial charge in [-0.25, -0.2) is 0 Å². The van der Waals surface area contributed by atoms with Crippen LogP contribution in [0.15, 0.2) is 36.4 Å². The molecule has 1 aromatic rings. The maximum Gasteiger partial charge on any atom is 0.314 e. The van der Waals surface area contributed by atoms with Crippen molar-refractivity contribution >= 4 is 5.97 Å². The fourth-order valence-electron chi connectivity index (χ4n) is 5.56. The minimum absolute atomic E-state index is 0.0579. The number of carbonyl (C=O) groups excluding carboxylic acids is 1. The van der Waals surface area contributed by atoms with Gasteiger partial charge in [-0.2, -0.15) is 0 Å². The molecule has 0 unspecified atom stereocenters. The summed E-state index contributed by atoms with van der Waals surface area (Å²) >= 11 is 0. The van der Waals surface area contributed by atoms with E-state index in [-0.39, 0.29) is 11.9 Å². The fraction of sp³-hybridized carbons (Fsp3) is 0.645. The Kier molecular flexibility index (Phi) is 11.1. The molecule has 0 aliphatic heterocycles. The number of rotatable bonds is 9. The van der Waals surface area contributed by atoms with Crippen molar-refractivity contribution in [2.24, 2.45) is 23.7 Å². The molecule has 2 saturated carbocycles. The molecule has 0 bridgehead atoms. The summed E-state index contributed by atoms with van der Waals surface area (Å²) in [4.78, 5) is 12.6. The van der Waals surface area contributed by atoms with E-state index in [0.717, 1.165) is 30.2 Å². The molecule has 180 valence electrons. The Morgan fingerprint density at radius 1 is 0.879 bits per heavy atom. The zero-order valence-electron chi connectivity index (χ0n) is 21.0. The van der Waals surface area contributed by atoms with Crippen LogP contribution in [0.2, 0.25) is 0 Å². The number of carbonyl (C=O) groups is 1. The van der Waals surface area contributed by atoms with Crippen molar-refractivity contribution in [1.82, 2.24) is 0 Å². The summed E-state index contributed by atoms with van der Waals surface area (Å²) in [5.74, 6) is 9.48. The predicted molar refractivity (Wildman–Crippen MR) is 138 cm³/mol. The molecule has 1 aromatic carbocycles. The Bertz CT molecular complexity index is 778. The number of ether oxygens (including phenoxy) is 1. The Morgan fingerprint density at radius 3 is 2.21 bits per heavy atom. The van der Waals surface area contributed by atoms with Gasteiger partial charge in [0.1, 0.15) is 5.75 Å². The van der Waals surface area contributed by atoms with Crippen LogP contribution in [-0.2, 0) is 4.79 Å².